The Morgan fingerprint density at radius 2 is 2.00 bits per heavy atom. The second-order valence-corrected chi connectivity index (χ2v) is 4.02. The highest BCUT2D eigenvalue weighted by Crippen LogP contribution is 2.20. The van der Waals surface area contributed by atoms with Crippen molar-refractivity contribution in [2.75, 3.05) is 11.8 Å². The molecule has 1 aromatic carbocycles. The van der Waals surface area contributed by atoms with Gasteiger partial charge in [-0.1, -0.05) is 19.1 Å². The van der Waals surface area contributed by atoms with E-state index in [4.69, 9.17) is 5.21 Å². The lowest BCUT2D eigenvalue weighted by atomic mass is 10.0. The Kier molecular flexibility index (Phi) is 5.71. The van der Waals surface area contributed by atoms with Gasteiger partial charge in [0, 0.05) is 6.42 Å². The Morgan fingerprint density at radius 3 is 2.42 bits per heavy atom. The third kappa shape index (κ3) is 4.18. The van der Waals surface area contributed by atoms with Crippen LogP contribution in [0.1, 0.15) is 25.0 Å². The SMILES string of the molecule is CCC(=O)N[C@H](CO)[C@H](O)c1ccc(N([O-])O)cc1. The molecule has 0 aromatic heterocycles. The molecule has 4 N–H and O–H groups in total. The van der Waals surface area contributed by atoms with Crippen molar-refractivity contribution in [1.29, 1.82) is 0 Å². The number of anilines is 1. The fourth-order valence-electron chi connectivity index (χ4n) is 1.56. The second-order valence-electron chi connectivity index (χ2n) is 4.02. The Balaban J connectivity index is 2.79. The van der Waals surface area contributed by atoms with Crippen LogP contribution in [0.5, 0.6) is 0 Å². The van der Waals surface area contributed by atoms with Crippen LogP contribution >= 0.6 is 0 Å². The summed E-state index contributed by atoms with van der Waals surface area (Å²) in [5.41, 5.74) is 0.440. The number of aliphatic hydroxyl groups excluding tert-OH is 2. The van der Waals surface area contributed by atoms with Crippen molar-refractivity contribution in [3.63, 3.8) is 0 Å². The average Bonchev–Trinajstić information content (AvgIpc) is 2.43. The molecule has 0 unspecified atom stereocenters. The van der Waals surface area contributed by atoms with Crippen molar-refractivity contribution in [3.05, 3.63) is 35.0 Å². The van der Waals surface area contributed by atoms with E-state index in [1.807, 2.05) is 0 Å². The van der Waals surface area contributed by atoms with Crippen molar-refractivity contribution in [3.8, 4) is 0 Å². The maximum absolute atomic E-state index is 11.2. The van der Waals surface area contributed by atoms with E-state index < -0.39 is 18.8 Å². The molecule has 0 bridgehead atoms. The van der Waals surface area contributed by atoms with Crippen LogP contribution in [0, 0.1) is 5.21 Å². The van der Waals surface area contributed by atoms with Crippen LogP contribution in [0.3, 0.4) is 0 Å². The normalized spacial score (nSPS) is 13.7. The van der Waals surface area contributed by atoms with Gasteiger partial charge in [-0.05, 0) is 17.7 Å². The van der Waals surface area contributed by atoms with Crippen molar-refractivity contribution in [2.24, 2.45) is 0 Å². The number of amides is 1. The summed E-state index contributed by atoms with van der Waals surface area (Å²) in [6, 6.07) is 4.68. The maximum Gasteiger partial charge on any atom is 0.220 e. The zero-order valence-corrected chi connectivity index (χ0v) is 10.5. The number of rotatable bonds is 6. The molecule has 0 aliphatic carbocycles. The fraction of sp³-hybridized carbons (Fsp3) is 0.417. The molecule has 106 valence electrons. The highest BCUT2D eigenvalue weighted by molar-refractivity contribution is 5.75. The van der Waals surface area contributed by atoms with E-state index >= 15 is 0 Å². The largest absolute Gasteiger partial charge is 0.733 e. The van der Waals surface area contributed by atoms with Gasteiger partial charge in [-0.25, -0.2) is 0 Å². The molecular weight excluding hydrogens is 252 g/mol. The Labute approximate surface area is 110 Å². The molecule has 1 amide bonds. The molecule has 0 aliphatic heterocycles. The Morgan fingerprint density at radius 1 is 1.42 bits per heavy atom. The number of nitrogens with zero attached hydrogens (tertiary/aromatic N) is 1. The first-order chi connectivity index (χ1) is 8.99. The predicted molar refractivity (Wildman–Crippen MR) is 68.3 cm³/mol. The summed E-state index contributed by atoms with van der Waals surface area (Å²) in [4.78, 5) is 11.2. The molecule has 0 spiro atoms. The second kappa shape index (κ2) is 7.05. The monoisotopic (exact) mass is 269 g/mol. The third-order valence-corrected chi connectivity index (χ3v) is 2.70. The molecule has 1 aromatic rings. The van der Waals surface area contributed by atoms with Crippen LogP contribution < -0.4 is 10.5 Å². The quantitative estimate of drug-likeness (QED) is 0.552. The van der Waals surface area contributed by atoms with Crippen molar-refractivity contribution in [1.82, 2.24) is 5.32 Å². The first-order valence-corrected chi connectivity index (χ1v) is 5.84. The number of nitrogens with one attached hydrogen (secondary N) is 1. The molecule has 0 radical (unpaired) electrons. The molecule has 19 heavy (non-hydrogen) atoms. The Hall–Kier alpha value is -1.67. The maximum atomic E-state index is 11.2. The van der Waals surface area contributed by atoms with Gasteiger partial charge in [-0.3, -0.25) is 10.0 Å². The van der Waals surface area contributed by atoms with E-state index in [2.05, 4.69) is 5.32 Å². The highest BCUT2D eigenvalue weighted by Gasteiger charge is 2.21. The van der Waals surface area contributed by atoms with Crippen molar-refractivity contribution < 1.29 is 20.2 Å². The van der Waals surface area contributed by atoms with Crippen LogP contribution in [0.25, 0.3) is 0 Å². The number of carbonyl (C=O) groups excluding carboxylic acids is 1. The van der Waals surface area contributed by atoms with Crippen LogP contribution in [-0.4, -0.2) is 34.0 Å². The van der Waals surface area contributed by atoms with E-state index in [0.29, 0.717) is 5.56 Å². The zero-order valence-electron chi connectivity index (χ0n) is 10.5. The van der Waals surface area contributed by atoms with Crippen molar-refractivity contribution >= 4 is 11.6 Å². The number of carbonyl (C=O) groups is 1. The minimum Gasteiger partial charge on any atom is -0.733 e. The number of hydrogen-bond donors (Lipinski definition) is 4. The third-order valence-electron chi connectivity index (χ3n) is 2.70. The summed E-state index contributed by atoms with van der Waals surface area (Å²) in [5.74, 6) is -0.282. The van der Waals surface area contributed by atoms with Gasteiger partial charge in [0.1, 0.15) is 6.10 Å². The molecule has 0 heterocycles. The number of hydrogen-bond acceptors (Lipinski definition) is 6. The predicted octanol–water partition coefficient (Wildman–Crippen LogP) is 0.300. The molecular formula is C12H17N2O5-. The van der Waals surface area contributed by atoms with Crippen molar-refractivity contribution in [2.45, 2.75) is 25.5 Å². The van der Waals surface area contributed by atoms with Gasteiger partial charge in [0.25, 0.3) is 0 Å². The van der Waals surface area contributed by atoms with Crippen LogP contribution in [0.4, 0.5) is 5.69 Å². The van der Waals surface area contributed by atoms with Gasteiger partial charge < -0.3 is 26.0 Å². The van der Waals surface area contributed by atoms with Crippen LogP contribution in [0.15, 0.2) is 24.3 Å². The van der Waals surface area contributed by atoms with E-state index in [-0.39, 0.29) is 23.2 Å². The lowest BCUT2D eigenvalue weighted by Gasteiger charge is -2.24. The minimum absolute atomic E-state index is 0.0223. The summed E-state index contributed by atoms with van der Waals surface area (Å²) in [6.07, 6.45) is -0.856. The lowest BCUT2D eigenvalue weighted by Crippen LogP contribution is -2.41. The average molecular weight is 269 g/mol. The number of benzene rings is 1. The number of aliphatic hydroxyl groups is 2. The van der Waals surface area contributed by atoms with Gasteiger partial charge in [-0.15, -0.1) is 0 Å². The van der Waals surface area contributed by atoms with Crippen LogP contribution in [-0.2, 0) is 4.79 Å². The molecule has 7 nitrogen and oxygen atoms in total. The highest BCUT2D eigenvalue weighted by atomic mass is 16.8. The van der Waals surface area contributed by atoms with E-state index in [1.54, 1.807) is 6.92 Å². The van der Waals surface area contributed by atoms with Gasteiger partial charge in [0.05, 0.1) is 18.3 Å². The molecule has 0 aliphatic rings. The summed E-state index contributed by atoms with van der Waals surface area (Å²) in [6.45, 7) is 1.25. The van der Waals surface area contributed by atoms with E-state index in [0.717, 1.165) is 0 Å². The topological polar surface area (TPSA) is 116 Å². The first-order valence-electron chi connectivity index (χ1n) is 5.84. The standard InChI is InChI=1S/C12H17N2O5/c1-2-11(16)13-10(7-15)12(17)8-3-5-9(6-4-8)14(18)19/h3-6,10,12,15,17-18H,2,7H2,1H3,(H,13,16)/q-1/t10-,12-/m1/s1. The minimum atomic E-state index is -1.10. The summed E-state index contributed by atoms with van der Waals surface area (Å²) < 4.78 is 0. The smallest absolute Gasteiger partial charge is 0.220 e. The van der Waals surface area contributed by atoms with Gasteiger partial charge in [-0.2, -0.15) is 0 Å². The summed E-state index contributed by atoms with van der Waals surface area (Å²) in [5, 5.41) is 40.7. The molecule has 7 heteroatoms. The van der Waals surface area contributed by atoms with E-state index in [9.17, 15) is 20.2 Å². The molecule has 0 saturated carbocycles. The lowest BCUT2D eigenvalue weighted by molar-refractivity contribution is -0.122. The zero-order chi connectivity index (χ0) is 14.4. The van der Waals surface area contributed by atoms with Crippen LogP contribution in [0.2, 0.25) is 0 Å². The Bertz CT molecular complexity index is 407. The van der Waals surface area contributed by atoms with Gasteiger partial charge in [0.15, 0.2) is 0 Å². The van der Waals surface area contributed by atoms with Gasteiger partial charge >= 0.3 is 0 Å². The molecule has 0 saturated heterocycles. The first kappa shape index (κ1) is 15.4. The van der Waals surface area contributed by atoms with Gasteiger partial charge in [0.2, 0.25) is 5.91 Å². The summed E-state index contributed by atoms with van der Waals surface area (Å²) in [7, 11) is 0. The fourth-order valence-corrected chi connectivity index (χ4v) is 1.56. The van der Waals surface area contributed by atoms with E-state index in [1.165, 1.54) is 24.3 Å². The molecule has 0 fully saturated rings. The summed E-state index contributed by atoms with van der Waals surface area (Å²) >= 11 is 0. The molecule has 2 atom stereocenters. The molecule has 1 rings (SSSR count).